The molecule has 0 saturated carbocycles. The maximum Gasteiger partial charge on any atom is 0.201 e. The number of nitrogen functional groups attached to an aromatic ring is 1. The van der Waals surface area contributed by atoms with Crippen LogP contribution in [-0.2, 0) is 0 Å². The van der Waals surface area contributed by atoms with Gasteiger partial charge in [0, 0.05) is 12.1 Å². The van der Waals surface area contributed by atoms with Crippen LogP contribution >= 0.6 is 0 Å². The molecule has 0 radical (unpaired) electrons. The molecule has 4 heteroatoms. The molecule has 18 heavy (non-hydrogen) atoms. The Morgan fingerprint density at radius 3 is 2.67 bits per heavy atom. The summed E-state index contributed by atoms with van der Waals surface area (Å²) < 4.78 is 7.31. The monoisotopic (exact) mass is 247 g/mol. The van der Waals surface area contributed by atoms with Gasteiger partial charge in [0.2, 0.25) is 5.95 Å². The van der Waals surface area contributed by atoms with Crippen LogP contribution in [-0.4, -0.2) is 16.7 Å². The Labute approximate surface area is 108 Å². The molecule has 2 rings (SSSR count). The first kappa shape index (κ1) is 12.7. The van der Waals surface area contributed by atoms with Crippen LogP contribution in [0.25, 0.3) is 11.0 Å². The van der Waals surface area contributed by atoms with Gasteiger partial charge in [-0.05, 0) is 31.4 Å². The third-order valence-corrected chi connectivity index (χ3v) is 3.18. The van der Waals surface area contributed by atoms with Crippen LogP contribution in [0.1, 0.15) is 33.2 Å². The standard InChI is InChI=1S/C14H21N3O/c1-9(2)7-10(3)17-13-6-5-11(18-4)8-12(13)16-14(17)15/h5-6,8-10H,7H2,1-4H3,(H2,15,16). The summed E-state index contributed by atoms with van der Waals surface area (Å²) in [6, 6.07) is 6.24. The number of nitrogens with two attached hydrogens (primary N) is 1. The SMILES string of the molecule is COc1ccc2c(c1)nc(N)n2C(C)CC(C)C. The Morgan fingerprint density at radius 1 is 1.33 bits per heavy atom. The van der Waals surface area contributed by atoms with E-state index >= 15 is 0 Å². The first-order valence-corrected chi connectivity index (χ1v) is 6.34. The average molecular weight is 247 g/mol. The van der Waals surface area contributed by atoms with Gasteiger partial charge in [-0.2, -0.15) is 0 Å². The minimum absolute atomic E-state index is 0.350. The van der Waals surface area contributed by atoms with Crippen LogP contribution < -0.4 is 10.5 Å². The maximum absolute atomic E-state index is 6.03. The quantitative estimate of drug-likeness (QED) is 0.902. The summed E-state index contributed by atoms with van der Waals surface area (Å²) in [6.07, 6.45) is 1.09. The molecule has 98 valence electrons. The van der Waals surface area contributed by atoms with Crippen molar-refractivity contribution in [2.24, 2.45) is 5.92 Å². The number of rotatable bonds is 4. The van der Waals surface area contributed by atoms with E-state index in [-0.39, 0.29) is 0 Å². The van der Waals surface area contributed by atoms with Crippen molar-refractivity contribution in [3.8, 4) is 5.75 Å². The summed E-state index contributed by atoms with van der Waals surface area (Å²) in [5, 5.41) is 0. The van der Waals surface area contributed by atoms with E-state index in [4.69, 9.17) is 10.5 Å². The highest BCUT2D eigenvalue weighted by Crippen LogP contribution is 2.28. The van der Waals surface area contributed by atoms with E-state index in [1.54, 1.807) is 7.11 Å². The Kier molecular flexibility index (Phi) is 3.45. The largest absolute Gasteiger partial charge is 0.497 e. The van der Waals surface area contributed by atoms with E-state index in [9.17, 15) is 0 Å². The fourth-order valence-corrected chi connectivity index (χ4v) is 2.48. The minimum atomic E-state index is 0.350. The topological polar surface area (TPSA) is 53.1 Å². The molecule has 4 nitrogen and oxygen atoms in total. The van der Waals surface area contributed by atoms with Crippen molar-refractivity contribution >= 4 is 17.0 Å². The van der Waals surface area contributed by atoms with Crippen molar-refractivity contribution in [2.45, 2.75) is 33.2 Å². The molecule has 0 aliphatic rings. The van der Waals surface area contributed by atoms with Crippen LogP contribution in [0.15, 0.2) is 18.2 Å². The smallest absolute Gasteiger partial charge is 0.201 e. The summed E-state index contributed by atoms with van der Waals surface area (Å²) in [4.78, 5) is 4.41. The number of hydrogen-bond donors (Lipinski definition) is 1. The highest BCUT2D eigenvalue weighted by molar-refractivity contribution is 5.80. The molecule has 1 unspecified atom stereocenters. The lowest BCUT2D eigenvalue weighted by Crippen LogP contribution is -2.11. The van der Waals surface area contributed by atoms with Crippen LogP contribution in [0.2, 0.25) is 0 Å². The molecular weight excluding hydrogens is 226 g/mol. The van der Waals surface area contributed by atoms with E-state index < -0.39 is 0 Å². The van der Waals surface area contributed by atoms with E-state index in [1.807, 2.05) is 18.2 Å². The van der Waals surface area contributed by atoms with Gasteiger partial charge in [0.15, 0.2) is 0 Å². The van der Waals surface area contributed by atoms with E-state index in [2.05, 4.69) is 30.3 Å². The van der Waals surface area contributed by atoms with E-state index in [1.165, 1.54) is 0 Å². The summed E-state index contributed by atoms with van der Waals surface area (Å²) in [5.41, 5.74) is 7.99. The van der Waals surface area contributed by atoms with Crippen molar-refractivity contribution in [1.82, 2.24) is 9.55 Å². The fourth-order valence-electron chi connectivity index (χ4n) is 2.48. The Bertz CT molecular complexity index is 545. The van der Waals surface area contributed by atoms with Gasteiger partial charge in [0.05, 0.1) is 18.1 Å². The van der Waals surface area contributed by atoms with Crippen LogP contribution in [0.4, 0.5) is 5.95 Å². The van der Waals surface area contributed by atoms with Crippen LogP contribution in [0, 0.1) is 5.92 Å². The number of benzene rings is 1. The Morgan fingerprint density at radius 2 is 2.06 bits per heavy atom. The van der Waals surface area contributed by atoms with Crippen LogP contribution in [0.5, 0.6) is 5.75 Å². The third kappa shape index (κ3) is 2.28. The fraction of sp³-hybridized carbons (Fsp3) is 0.500. The number of imidazole rings is 1. The summed E-state index contributed by atoms with van der Waals surface area (Å²) in [6.45, 7) is 6.62. The van der Waals surface area contributed by atoms with Crippen molar-refractivity contribution in [3.63, 3.8) is 0 Å². The molecule has 0 aliphatic carbocycles. The molecule has 1 atom stereocenters. The van der Waals surface area contributed by atoms with E-state index in [0.717, 1.165) is 23.2 Å². The summed E-state index contributed by atoms with van der Waals surface area (Å²) >= 11 is 0. The van der Waals surface area contributed by atoms with Gasteiger partial charge in [0.25, 0.3) is 0 Å². The number of hydrogen-bond acceptors (Lipinski definition) is 3. The third-order valence-electron chi connectivity index (χ3n) is 3.18. The van der Waals surface area contributed by atoms with Crippen molar-refractivity contribution in [3.05, 3.63) is 18.2 Å². The molecular formula is C14H21N3O. The molecule has 0 aliphatic heterocycles. The number of fused-ring (bicyclic) bond motifs is 1. The molecule has 2 aromatic rings. The predicted molar refractivity (Wildman–Crippen MR) is 74.9 cm³/mol. The van der Waals surface area contributed by atoms with Gasteiger partial charge >= 0.3 is 0 Å². The summed E-state index contributed by atoms with van der Waals surface area (Å²) in [5.74, 6) is 2.02. The van der Waals surface area contributed by atoms with Gasteiger partial charge in [0.1, 0.15) is 5.75 Å². The molecule has 2 N–H and O–H groups in total. The van der Waals surface area contributed by atoms with Crippen molar-refractivity contribution in [1.29, 1.82) is 0 Å². The van der Waals surface area contributed by atoms with E-state index in [0.29, 0.717) is 17.9 Å². The zero-order valence-corrected chi connectivity index (χ0v) is 11.5. The molecule has 0 fully saturated rings. The minimum Gasteiger partial charge on any atom is -0.497 e. The van der Waals surface area contributed by atoms with Gasteiger partial charge in [-0.1, -0.05) is 13.8 Å². The first-order chi connectivity index (χ1) is 8.52. The first-order valence-electron chi connectivity index (χ1n) is 6.34. The molecule has 1 heterocycles. The lowest BCUT2D eigenvalue weighted by Gasteiger charge is -2.18. The summed E-state index contributed by atoms with van der Waals surface area (Å²) in [7, 11) is 1.66. The second-order valence-electron chi connectivity index (χ2n) is 5.17. The number of ether oxygens (including phenoxy) is 1. The maximum atomic E-state index is 6.03. The van der Waals surface area contributed by atoms with Gasteiger partial charge in [-0.25, -0.2) is 4.98 Å². The average Bonchev–Trinajstić information content (AvgIpc) is 2.62. The second kappa shape index (κ2) is 4.88. The second-order valence-corrected chi connectivity index (χ2v) is 5.17. The number of nitrogens with zero attached hydrogens (tertiary/aromatic N) is 2. The Balaban J connectivity index is 2.47. The molecule has 1 aromatic carbocycles. The van der Waals surface area contributed by atoms with Crippen molar-refractivity contribution in [2.75, 3.05) is 12.8 Å². The zero-order valence-electron chi connectivity index (χ0n) is 11.5. The predicted octanol–water partition coefficient (Wildman–Crippen LogP) is 3.23. The van der Waals surface area contributed by atoms with Crippen molar-refractivity contribution < 1.29 is 4.74 Å². The van der Waals surface area contributed by atoms with Gasteiger partial charge in [-0.3, -0.25) is 0 Å². The highest BCUT2D eigenvalue weighted by Gasteiger charge is 2.15. The normalized spacial score (nSPS) is 13.2. The van der Waals surface area contributed by atoms with Gasteiger partial charge in [-0.15, -0.1) is 0 Å². The van der Waals surface area contributed by atoms with Gasteiger partial charge < -0.3 is 15.0 Å². The lowest BCUT2D eigenvalue weighted by atomic mass is 10.1. The van der Waals surface area contributed by atoms with Crippen LogP contribution in [0.3, 0.4) is 0 Å². The Hall–Kier alpha value is -1.71. The molecule has 0 saturated heterocycles. The number of anilines is 1. The number of methoxy groups -OCH3 is 1. The lowest BCUT2D eigenvalue weighted by molar-refractivity contribution is 0.415. The molecule has 1 aromatic heterocycles. The molecule has 0 spiro atoms. The molecule has 0 bridgehead atoms. The molecule has 0 amide bonds. The number of aromatic nitrogens is 2. The highest BCUT2D eigenvalue weighted by atomic mass is 16.5. The zero-order chi connectivity index (χ0) is 13.3.